The topological polar surface area (TPSA) is 116 Å². The summed E-state index contributed by atoms with van der Waals surface area (Å²) < 4.78 is 42.3. The second-order valence-corrected chi connectivity index (χ2v) is 8.59. The van der Waals surface area contributed by atoms with Gasteiger partial charge in [-0.05, 0) is 52.0 Å². The summed E-state index contributed by atoms with van der Waals surface area (Å²) in [4.78, 5) is 19.0. The number of aromatic nitrogens is 3. The lowest BCUT2D eigenvalue weighted by Crippen LogP contribution is -2.37. The summed E-state index contributed by atoms with van der Waals surface area (Å²) >= 11 is 0. The molecule has 2 heterocycles. The Hall–Kier alpha value is -3.93. The van der Waals surface area contributed by atoms with Crippen molar-refractivity contribution in [1.82, 2.24) is 14.8 Å². The smallest absolute Gasteiger partial charge is 0.372 e. The highest BCUT2D eigenvalue weighted by molar-refractivity contribution is 6.05. The molecule has 1 amide bonds. The maximum atomic E-state index is 13.5. The highest BCUT2D eigenvalue weighted by Crippen LogP contribution is 2.34. The number of amides is 1. The maximum Gasteiger partial charge on any atom is 0.416 e. The third-order valence-corrected chi connectivity index (χ3v) is 6.15. The molecule has 2 aromatic heterocycles. The summed E-state index contributed by atoms with van der Waals surface area (Å²) in [6.45, 7) is 8.28. The van der Waals surface area contributed by atoms with Crippen LogP contribution in [0.5, 0.6) is 0 Å². The van der Waals surface area contributed by atoms with E-state index in [1.54, 1.807) is 29.7 Å². The quantitative estimate of drug-likeness (QED) is 0.222. The van der Waals surface area contributed by atoms with Crippen molar-refractivity contribution in [3.8, 4) is 0 Å². The van der Waals surface area contributed by atoms with Gasteiger partial charge in [-0.15, -0.1) is 0 Å². The molecule has 3 aromatic rings. The van der Waals surface area contributed by atoms with E-state index >= 15 is 0 Å². The zero-order chi connectivity index (χ0) is 27.5. The predicted molar refractivity (Wildman–Crippen MR) is 138 cm³/mol. The molecule has 0 aliphatic heterocycles. The van der Waals surface area contributed by atoms with Crippen molar-refractivity contribution >= 4 is 28.7 Å². The number of nitrogens with two attached hydrogens (primary N) is 1. The largest absolute Gasteiger partial charge is 0.416 e. The number of carbonyl (C=O) groups is 1. The summed E-state index contributed by atoms with van der Waals surface area (Å²) in [7, 11) is 1.78. The van der Waals surface area contributed by atoms with Crippen LogP contribution in [-0.2, 0) is 13.2 Å². The Balaban J connectivity index is 1.86. The number of benzene rings is 1. The summed E-state index contributed by atoms with van der Waals surface area (Å²) in [6.07, 6.45) is -1.65. The molecule has 9 nitrogen and oxygen atoms in total. The standard InChI is InChI=1S/C25H31F3N8O/c1-6-35(7-2)20-10-18(25(26,27)28)9-19(11-20)33-24(37)17-8-23(15(3)31-12-17)36(30)14-22(29)21-13-32-34(5)16(21)4/h8-13,29H,6-7,14,30H2,1-5H3,(H,33,37). The number of hydrogen-bond acceptors (Lipinski definition) is 7. The second-order valence-electron chi connectivity index (χ2n) is 8.59. The molecule has 37 heavy (non-hydrogen) atoms. The van der Waals surface area contributed by atoms with E-state index in [2.05, 4.69) is 15.4 Å². The van der Waals surface area contributed by atoms with E-state index in [0.29, 0.717) is 35.7 Å². The lowest BCUT2D eigenvalue weighted by Gasteiger charge is -2.23. The average Bonchev–Trinajstić information content (AvgIpc) is 3.17. The highest BCUT2D eigenvalue weighted by atomic mass is 19.4. The van der Waals surface area contributed by atoms with Gasteiger partial charge in [0.05, 0.1) is 41.0 Å². The van der Waals surface area contributed by atoms with Crippen molar-refractivity contribution in [2.75, 3.05) is 34.9 Å². The number of carbonyl (C=O) groups excluding carboxylic acids is 1. The van der Waals surface area contributed by atoms with Crippen LogP contribution in [0.1, 0.15) is 46.7 Å². The molecule has 0 radical (unpaired) electrons. The fraction of sp³-hybridized carbons (Fsp3) is 0.360. The normalized spacial score (nSPS) is 11.4. The van der Waals surface area contributed by atoms with E-state index in [4.69, 9.17) is 11.3 Å². The van der Waals surface area contributed by atoms with E-state index in [0.717, 1.165) is 17.8 Å². The average molecular weight is 517 g/mol. The Labute approximate surface area is 213 Å². The summed E-state index contributed by atoms with van der Waals surface area (Å²) in [5, 5.41) is 16.4. The molecule has 0 spiro atoms. The Bertz CT molecular complexity index is 1300. The third kappa shape index (κ3) is 6.26. The zero-order valence-electron chi connectivity index (χ0n) is 21.4. The first-order chi connectivity index (χ1) is 17.3. The summed E-state index contributed by atoms with van der Waals surface area (Å²) in [5.41, 5.74) is 2.25. The molecule has 4 N–H and O–H groups in total. The number of halogens is 3. The third-order valence-electron chi connectivity index (χ3n) is 6.15. The van der Waals surface area contributed by atoms with Crippen LogP contribution in [0.3, 0.4) is 0 Å². The Morgan fingerprint density at radius 2 is 1.81 bits per heavy atom. The van der Waals surface area contributed by atoms with Crippen LogP contribution in [0.15, 0.2) is 36.7 Å². The summed E-state index contributed by atoms with van der Waals surface area (Å²) in [6, 6.07) is 4.98. The van der Waals surface area contributed by atoms with Crippen molar-refractivity contribution in [2.45, 2.75) is 33.9 Å². The van der Waals surface area contributed by atoms with Gasteiger partial charge in [-0.1, -0.05) is 0 Å². The minimum Gasteiger partial charge on any atom is -0.372 e. The lowest BCUT2D eigenvalue weighted by molar-refractivity contribution is -0.137. The van der Waals surface area contributed by atoms with E-state index in [1.807, 2.05) is 20.8 Å². The lowest BCUT2D eigenvalue weighted by atomic mass is 10.1. The van der Waals surface area contributed by atoms with Gasteiger partial charge in [0.15, 0.2) is 0 Å². The number of nitrogens with one attached hydrogen (secondary N) is 2. The molecular weight excluding hydrogens is 485 g/mol. The number of rotatable bonds is 9. The minimum atomic E-state index is -4.57. The van der Waals surface area contributed by atoms with Gasteiger partial charge in [0.2, 0.25) is 0 Å². The van der Waals surface area contributed by atoms with E-state index < -0.39 is 17.6 Å². The van der Waals surface area contributed by atoms with Crippen LogP contribution in [0.2, 0.25) is 0 Å². The first-order valence-electron chi connectivity index (χ1n) is 11.7. The van der Waals surface area contributed by atoms with Gasteiger partial charge in [0.25, 0.3) is 5.91 Å². The number of alkyl halides is 3. The van der Waals surface area contributed by atoms with Gasteiger partial charge in [-0.3, -0.25) is 14.5 Å². The fourth-order valence-electron chi connectivity index (χ4n) is 3.89. The Kier molecular flexibility index (Phi) is 8.22. The van der Waals surface area contributed by atoms with Crippen LogP contribution in [-0.4, -0.2) is 46.0 Å². The Morgan fingerprint density at radius 3 is 2.38 bits per heavy atom. The van der Waals surface area contributed by atoms with Crippen LogP contribution in [0, 0.1) is 19.3 Å². The molecule has 0 unspecified atom stereocenters. The van der Waals surface area contributed by atoms with E-state index in [-0.39, 0.29) is 23.5 Å². The first-order valence-corrected chi connectivity index (χ1v) is 11.7. The molecule has 12 heteroatoms. The molecule has 3 rings (SSSR count). The van der Waals surface area contributed by atoms with Crippen LogP contribution in [0.25, 0.3) is 0 Å². The van der Waals surface area contributed by atoms with Crippen molar-refractivity contribution in [2.24, 2.45) is 12.9 Å². The monoisotopic (exact) mass is 516 g/mol. The molecule has 1 aromatic carbocycles. The molecule has 0 saturated carbocycles. The van der Waals surface area contributed by atoms with Crippen LogP contribution >= 0.6 is 0 Å². The van der Waals surface area contributed by atoms with Crippen molar-refractivity contribution in [3.63, 3.8) is 0 Å². The molecule has 198 valence electrons. The van der Waals surface area contributed by atoms with Crippen molar-refractivity contribution in [3.05, 3.63) is 64.7 Å². The Morgan fingerprint density at radius 1 is 1.14 bits per heavy atom. The van der Waals surface area contributed by atoms with Gasteiger partial charge in [0.1, 0.15) is 0 Å². The number of aryl methyl sites for hydroxylation is 2. The minimum absolute atomic E-state index is 0.0160. The second kappa shape index (κ2) is 11.0. The SMILES string of the molecule is CCN(CC)c1cc(NC(=O)c2cnc(C)c(N(N)CC(=N)c3cnn(C)c3C)c2)cc(C(F)(F)F)c1. The first kappa shape index (κ1) is 27.7. The molecule has 0 aliphatic carbocycles. The van der Waals surface area contributed by atoms with E-state index in [9.17, 15) is 18.0 Å². The van der Waals surface area contributed by atoms with Crippen LogP contribution in [0.4, 0.5) is 30.2 Å². The predicted octanol–water partition coefficient (Wildman–Crippen LogP) is 4.30. The number of anilines is 3. The molecule has 0 aliphatic rings. The van der Waals surface area contributed by atoms with Gasteiger partial charge >= 0.3 is 6.18 Å². The molecule has 0 saturated heterocycles. The molecular formula is C25H31F3N8O. The van der Waals surface area contributed by atoms with Crippen molar-refractivity contribution in [1.29, 1.82) is 5.41 Å². The van der Waals surface area contributed by atoms with Crippen LogP contribution < -0.4 is 21.1 Å². The number of nitrogens with zero attached hydrogens (tertiary/aromatic N) is 5. The molecule has 0 fully saturated rings. The number of pyridine rings is 1. The van der Waals surface area contributed by atoms with Gasteiger partial charge in [-0.25, -0.2) is 5.84 Å². The molecule has 0 bridgehead atoms. The van der Waals surface area contributed by atoms with Gasteiger partial charge in [0, 0.05) is 49.0 Å². The number of hydrogen-bond donors (Lipinski definition) is 3. The highest BCUT2D eigenvalue weighted by Gasteiger charge is 2.32. The fourth-order valence-corrected chi connectivity index (χ4v) is 3.89. The maximum absolute atomic E-state index is 13.5. The summed E-state index contributed by atoms with van der Waals surface area (Å²) in [5.74, 6) is 5.59. The van der Waals surface area contributed by atoms with Crippen molar-refractivity contribution < 1.29 is 18.0 Å². The number of hydrazine groups is 1. The van der Waals surface area contributed by atoms with Gasteiger partial charge < -0.3 is 20.6 Å². The zero-order valence-corrected chi connectivity index (χ0v) is 21.4. The molecule has 0 atom stereocenters. The van der Waals surface area contributed by atoms with E-state index in [1.165, 1.54) is 23.3 Å². The van der Waals surface area contributed by atoms with Gasteiger partial charge in [-0.2, -0.15) is 18.3 Å².